The minimum Gasteiger partial charge on any atom is -0.462 e. The van der Waals surface area contributed by atoms with Crippen LogP contribution in [0.5, 0.6) is 0 Å². The lowest BCUT2D eigenvalue weighted by atomic mass is 10.0. The summed E-state index contributed by atoms with van der Waals surface area (Å²) in [5.74, 6) is 0.968. The van der Waals surface area contributed by atoms with Crippen molar-refractivity contribution in [3.8, 4) is 0 Å². The molecule has 0 radical (unpaired) electrons. The standard InChI is InChI=1S/C41H78N2O5S.C40H76N2O5S/c1-6-9-12-15-18-21-27-36-47-39(44)31-25-22-26-33-43(41(46)49-37-35-42(4)5)34-28-32-40(45)48-38(29-23-19-16-13-10-7-2)30-24-20-17-14-11-8-3;1-6-9-12-15-16-19-27-35-46-38(43)30-23-20-25-32-42(40(45)48-36-34-41(4)5)33-26-24-31-39(44)47-37(28-21-17-13-10-7-2)29-22-18-14-11-8-3/h21,27,38H,6-20,22-26,28-37H2,1-5H3;19,27,37H,6-18,20-26,28-36H2,1-5H3/b27-21-;27-19-. The largest absolute Gasteiger partial charge is 0.462 e. The van der Waals surface area contributed by atoms with Crippen LogP contribution in [-0.2, 0) is 38.1 Å². The van der Waals surface area contributed by atoms with Gasteiger partial charge in [0.15, 0.2) is 0 Å². The predicted molar refractivity (Wildman–Crippen MR) is 416 cm³/mol. The maximum atomic E-state index is 13.1. The Kier molecular flexibility index (Phi) is 74.8. The van der Waals surface area contributed by atoms with Crippen LogP contribution in [0.4, 0.5) is 9.59 Å². The lowest BCUT2D eigenvalue weighted by molar-refractivity contribution is -0.151. The van der Waals surface area contributed by atoms with Crippen molar-refractivity contribution in [1.82, 2.24) is 19.6 Å². The third-order valence-corrected chi connectivity index (χ3v) is 19.4. The first-order chi connectivity index (χ1) is 47.2. The Balaban J connectivity index is 0. The molecule has 2 amide bonds. The Morgan fingerprint density at radius 2 is 0.567 bits per heavy atom. The van der Waals surface area contributed by atoms with E-state index in [2.05, 4.69) is 63.5 Å². The van der Waals surface area contributed by atoms with Gasteiger partial charge in [0.25, 0.3) is 10.5 Å². The first-order valence-corrected chi connectivity index (χ1v) is 42.3. The van der Waals surface area contributed by atoms with Gasteiger partial charge in [0.1, 0.15) is 25.4 Å². The summed E-state index contributed by atoms with van der Waals surface area (Å²) in [5.41, 5.74) is 0. The lowest BCUT2D eigenvalue weighted by Gasteiger charge is -2.23. The molecule has 0 N–H and O–H groups in total. The number of hydrogen-bond donors (Lipinski definition) is 0. The van der Waals surface area contributed by atoms with Crippen molar-refractivity contribution < 1.29 is 47.7 Å². The molecule has 0 aromatic carbocycles. The number of esters is 4. The van der Waals surface area contributed by atoms with Crippen LogP contribution in [0.15, 0.2) is 24.3 Å². The molecule has 570 valence electrons. The van der Waals surface area contributed by atoms with Crippen molar-refractivity contribution >= 4 is 57.9 Å². The van der Waals surface area contributed by atoms with E-state index in [0.29, 0.717) is 71.5 Å². The molecule has 0 aliphatic carbocycles. The molecule has 16 heteroatoms. The molecule has 0 aliphatic heterocycles. The van der Waals surface area contributed by atoms with Crippen molar-refractivity contribution in [2.45, 2.75) is 368 Å². The van der Waals surface area contributed by atoms with Gasteiger partial charge < -0.3 is 38.5 Å². The summed E-state index contributed by atoms with van der Waals surface area (Å²) >= 11 is 2.72. The fourth-order valence-electron chi connectivity index (χ4n) is 11.3. The molecule has 0 rings (SSSR count). The van der Waals surface area contributed by atoms with Gasteiger partial charge in [0.2, 0.25) is 0 Å². The molecule has 0 fully saturated rings. The minimum atomic E-state index is -0.160. The molecular formula is C81H154N4O10S2. The van der Waals surface area contributed by atoms with E-state index in [9.17, 15) is 28.8 Å². The van der Waals surface area contributed by atoms with E-state index >= 15 is 0 Å². The fraction of sp³-hybridized carbons (Fsp3) is 0.877. The number of hydrogen-bond acceptors (Lipinski definition) is 14. The van der Waals surface area contributed by atoms with Crippen LogP contribution in [0.2, 0.25) is 0 Å². The second-order valence-electron chi connectivity index (χ2n) is 27.7. The van der Waals surface area contributed by atoms with E-state index in [1.807, 2.05) is 50.1 Å². The molecule has 97 heavy (non-hydrogen) atoms. The Bertz CT molecular complexity index is 1830. The van der Waals surface area contributed by atoms with Gasteiger partial charge in [0.05, 0.1) is 0 Å². The smallest absolute Gasteiger partial charge is 0.306 e. The van der Waals surface area contributed by atoms with Gasteiger partial charge in [-0.15, -0.1) is 0 Å². The van der Waals surface area contributed by atoms with Gasteiger partial charge >= 0.3 is 23.9 Å². The molecule has 0 aromatic rings. The highest BCUT2D eigenvalue weighted by atomic mass is 32.2. The van der Waals surface area contributed by atoms with Crippen LogP contribution in [-0.4, -0.2) is 158 Å². The fourth-order valence-corrected chi connectivity index (χ4v) is 13.3. The Hall–Kier alpha value is -3.08. The van der Waals surface area contributed by atoms with Crippen LogP contribution in [0.1, 0.15) is 356 Å². The summed E-state index contributed by atoms with van der Waals surface area (Å²) in [6.45, 7) is 18.3. The van der Waals surface area contributed by atoms with Gasteiger partial charge in [-0.3, -0.25) is 28.8 Å². The van der Waals surface area contributed by atoms with E-state index in [1.165, 1.54) is 190 Å². The zero-order valence-corrected chi connectivity index (χ0v) is 66.5. The van der Waals surface area contributed by atoms with E-state index < -0.39 is 0 Å². The molecule has 0 bridgehead atoms. The number of carbonyl (C=O) groups is 6. The molecule has 0 unspecified atom stereocenters. The van der Waals surface area contributed by atoms with Gasteiger partial charge in [0, 0.05) is 76.5 Å². The van der Waals surface area contributed by atoms with E-state index in [4.69, 9.17) is 18.9 Å². The highest BCUT2D eigenvalue weighted by Crippen LogP contribution is 2.22. The van der Waals surface area contributed by atoms with Crippen molar-refractivity contribution in [3.05, 3.63) is 24.3 Å². The number of rotatable bonds is 69. The van der Waals surface area contributed by atoms with Gasteiger partial charge in [-0.25, -0.2) is 0 Å². The maximum Gasteiger partial charge on any atom is 0.306 e. The van der Waals surface area contributed by atoms with Crippen LogP contribution in [0.3, 0.4) is 0 Å². The van der Waals surface area contributed by atoms with Crippen LogP contribution in [0, 0.1) is 0 Å². The lowest BCUT2D eigenvalue weighted by Crippen LogP contribution is -2.31. The summed E-state index contributed by atoms with van der Waals surface area (Å²) in [6.07, 6.45) is 59.8. The quantitative estimate of drug-likeness (QED) is 0.0246. The van der Waals surface area contributed by atoms with Crippen molar-refractivity contribution in [2.75, 3.05) is 92.2 Å². The summed E-state index contributed by atoms with van der Waals surface area (Å²) < 4.78 is 22.7. The molecule has 0 saturated carbocycles. The van der Waals surface area contributed by atoms with E-state index in [-0.39, 0.29) is 46.6 Å². The minimum absolute atomic E-state index is 0.0161. The SMILES string of the molecule is CCCCCC/C=C\COC(=O)CCCCCN(CCCC(=O)OC(CCCCCCCC)CCCCCCCC)C(=O)SCCN(C)C.CCCCCC/C=C\COC(=O)CCCCCN(CCCCC(=O)OC(CCCCCCC)CCCCCCC)C(=O)SCCN(C)C. The molecule has 0 atom stereocenters. The predicted octanol–water partition coefficient (Wildman–Crippen LogP) is 22.7. The molecule has 0 spiro atoms. The maximum absolute atomic E-state index is 13.1. The number of ether oxygens (including phenoxy) is 4. The zero-order valence-electron chi connectivity index (χ0n) is 64.9. The topological polar surface area (TPSA) is 152 Å². The number of carbonyl (C=O) groups excluding carboxylic acids is 6. The van der Waals surface area contributed by atoms with E-state index in [1.54, 1.807) is 0 Å². The first kappa shape index (κ1) is 96.0. The molecule has 0 heterocycles. The van der Waals surface area contributed by atoms with Gasteiger partial charge in [-0.05, 0) is 150 Å². The van der Waals surface area contributed by atoms with Gasteiger partial charge in [-0.1, -0.05) is 256 Å². The number of thioether (sulfide) groups is 2. The summed E-state index contributed by atoms with van der Waals surface area (Å²) in [4.78, 5) is 84.1. The zero-order chi connectivity index (χ0) is 71.7. The molecule has 0 saturated heterocycles. The Morgan fingerprint density at radius 1 is 0.299 bits per heavy atom. The highest BCUT2D eigenvalue weighted by molar-refractivity contribution is 8.13. The average molecular weight is 1410 g/mol. The first-order valence-electron chi connectivity index (χ1n) is 40.3. The summed E-state index contributed by atoms with van der Waals surface area (Å²) in [6, 6.07) is 0. The Morgan fingerprint density at radius 3 is 0.907 bits per heavy atom. The normalized spacial score (nSPS) is 11.6. The van der Waals surface area contributed by atoms with Crippen molar-refractivity contribution in [1.29, 1.82) is 0 Å². The molecule has 0 aliphatic rings. The second kappa shape index (κ2) is 75.6. The van der Waals surface area contributed by atoms with Crippen LogP contribution >= 0.6 is 23.5 Å². The highest BCUT2D eigenvalue weighted by Gasteiger charge is 2.20. The third-order valence-electron chi connectivity index (χ3n) is 17.6. The monoisotopic (exact) mass is 1410 g/mol. The second-order valence-corrected chi connectivity index (χ2v) is 29.8. The third kappa shape index (κ3) is 71.1. The number of unbranched alkanes of at least 4 members (excludes halogenated alkanes) is 31. The average Bonchev–Trinajstić information content (AvgIpc) is 3.44. The number of nitrogens with zero attached hydrogens (tertiary/aromatic N) is 4. The summed E-state index contributed by atoms with van der Waals surface area (Å²) in [5, 5.41) is 0.173. The van der Waals surface area contributed by atoms with Crippen LogP contribution in [0.25, 0.3) is 0 Å². The van der Waals surface area contributed by atoms with Crippen LogP contribution < -0.4 is 0 Å². The van der Waals surface area contributed by atoms with Crippen molar-refractivity contribution in [2.24, 2.45) is 0 Å². The number of amides is 2. The molecular weight excluding hydrogens is 1250 g/mol. The number of allylic oxidation sites excluding steroid dienone is 2. The molecule has 0 aromatic heterocycles. The Labute approximate surface area is 606 Å². The van der Waals surface area contributed by atoms with Crippen molar-refractivity contribution in [3.63, 3.8) is 0 Å². The summed E-state index contributed by atoms with van der Waals surface area (Å²) in [7, 11) is 8.05. The molecule has 14 nitrogen and oxygen atoms in total. The van der Waals surface area contributed by atoms with Gasteiger partial charge in [-0.2, -0.15) is 0 Å². The van der Waals surface area contributed by atoms with E-state index in [0.717, 1.165) is 140 Å².